The first-order chi connectivity index (χ1) is 12.3. The third-order valence-corrected chi connectivity index (χ3v) is 5.84. The number of methoxy groups -OCH3 is 1. The highest BCUT2D eigenvalue weighted by atomic mass is 32.2. The summed E-state index contributed by atoms with van der Waals surface area (Å²) in [6, 6.07) is 7.19. The average molecular weight is 380 g/mol. The van der Waals surface area contributed by atoms with E-state index in [0.29, 0.717) is 11.5 Å². The van der Waals surface area contributed by atoms with Crippen LogP contribution in [0.3, 0.4) is 0 Å². The van der Waals surface area contributed by atoms with E-state index >= 15 is 0 Å². The van der Waals surface area contributed by atoms with Gasteiger partial charge in [0, 0.05) is 13.1 Å². The highest BCUT2D eigenvalue weighted by molar-refractivity contribution is 7.87. The maximum Gasteiger partial charge on any atom is 0.280 e. The van der Waals surface area contributed by atoms with Crippen LogP contribution in [0.15, 0.2) is 34.9 Å². The molecule has 3 rings (SSSR count). The lowest BCUT2D eigenvalue weighted by molar-refractivity contribution is -0.120. The monoisotopic (exact) mass is 380 g/mol. The fourth-order valence-corrected chi connectivity index (χ4v) is 4.09. The number of aromatic nitrogens is 1. The van der Waals surface area contributed by atoms with Gasteiger partial charge in [0.25, 0.3) is 10.2 Å². The number of hydrogen-bond acceptors (Lipinski definition) is 6. The van der Waals surface area contributed by atoms with E-state index in [1.165, 1.54) is 14.2 Å². The minimum absolute atomic E-state index is 0.245. The largest absolute Gasteiger partial charge is 0.497 e. The zero-order valence-electron chi connectivity index (χ0n) is 14.6. The number of nitrogens with zero attached hydrogens (tertiary/aromatic N) is 2. The van der Waals surface area contributed by atoms with Gasteiger partial charge in [-0.05, 0) is 31.0 Å². The van der Waals surface area contributed by atoms with E-state index in [4.69, 9.17) is 9.26 Å². The number of benzene rings is 1. The molecule has 10 heteroatoms. The Morgan fingerprint density at radius 1 is 1.42 bits per heavy atom. The Labute approximate surface area is 151 Å². The molecule has 2 atom stereocenters. The fraction of sp³-hybridized carbons (Fsp3) is 0.375. The number of hydrogen-bond donors (Lipinski definition) is 2. The Morgan fingerprint density at radius 2 is 2.19 bits per heavy atom. The molecule has 1 fully saturated rings. The third kappa shape index (κ3) is 3.71. The van der Waals surface area contributed by atoms with E-state index in [9.17, 15) is 13.2 Å². The van der Waals surface area contributed by atoms with Gasteiger partial charge >= 0.3 is 0 Å². The van der Waals surface area contributed by atoms with Gasteiger partial charge in [-0.3, -0.25) is 4.79 Å². The summed E-state index contributed by atoms with van der Waals surface area (Å²) in [6.45, 7) is 1.70. The van der Waals surface area contributed by atoms with E-state index in [1.807, 2.05) is 0 Å². The first-order valence-corrected chi connectivity index (χ1v) is 9.37. The van der Waals surface area contributed by atoms with Crippen LogP contribution in [0.1, 0.15) is 23.8 Å². The molecule has 2 heterocycles. The molecule has 26 heavy (non-hydrogen) atoms. The number of ether oxygens (including phenoxy) is 1. The molecule has 9 nitrogen and oxygen atoms in total. The average Bonchev–Trinajstić information content (AvgIpc) is 3.01. The maximum atomic E-state index is 12.6. The minimum Gasteiger partial charge on any atom is -0.497 e. The molecule has 0 bridgehead atoms. The van der Waals surface area contributed by atoms with E-state index in [1.54, 1.807) is 37.3 Å². The van der Waals surface area contributed by atoms with Gasteiger partial charge in [-0.1, -0.05) is 17.3 Å². The van der Waals surface area contributed by atoms with Gasteiger partial charge in [0.1, 0.15) is 17.6 Å². The molecule has 1 saturated heterocycles. The van der Waals surface area contributed by atoms with E-state index in [0.717, 1.165) is 9.87 Å². The molecule has 1 aromatic carbocycles. The Bertz CT molecular complexity index is 911. The zero-order chi connectivity index (χ0) is 18.9. The second kappa shape index (κ2) is 7.06. The Morgan fingerprint density at radius 3 is 2.85 bits per heavy atom. The van der Waals surface area contributed by atoms with Crippen molar-refractivity contribution in [2.75, 3.05) is 19.5 Å². The maximum absolute atomic E-state index is 12.6. The number of amides is 1. The molecule has 1 aliphatic rings. The van der Waals surface area contributed by atoms with Crippen LogP contribution in [-0.2, 0) is 15.0 Å². The first kappa shape index (κ1) is 18.4. The van der Waals surface area contributed by atoms with Gasteiger partial charge in [-0.25, -0.2) is 0 Å². The lowest BCUT2D eigenvalue weighted by atomic mass is 9.99. The molecule has 2 N–H and O–H groups in total. The molecule has 140 valence electrons. The molecule has 1 amide bonds. The van der Waals surface area contributed by atoms with Crippen molar-refractivity contribution >= 4 is 21.9 Å². The summed E-state index contributed by atoms with van der Waals surface area (Å²) in [7, 11) is -0.922. The molecule has 0 radical (unpaired) electrons. The quantitative estimate of drug-likeness (QED) is 0.824. The van der Waals surface area contributed by atoms with Crippen molar-refractivity contribution in [1.82, 2.24) is 14.2 Å². The first-order valence-electron chi connectivity index (χ1n) is 7.93. The van der Waals surface area contributed by atoms with Gasteiger partial charge in [0.15, 0.2) is 5.82 Å². The van der Waals surface area contributed by atoms with Crippen molar-refractivity contribution in [3.63, 3.8) is 0 Å². The van der Waals surface area contributed by atoms with Crippen LogP contribution in [0.4, 0.5) is 5.82 Å². The Balaban J connectivity index is 1.85. The van der Waals surface area contributed by atoms with Gasteiger partial charge in [0.05, 0.1) is 13.2 Å². The van der Waals surface area contributed by atoms with Crippen LogP contribution >= 0.6 is 0 Å². The highest BCUT2D eigenvalue weighted by Crippen LogP contribution is 2.30. The van der Waals surface area contributed by atoms with Crippen LogP contribution in [-0.4, -0.2) is 44.0 Å². The topological polar surface area (TPSA) is 114 Å². The van der Waals surface area contributed by atoms with Crippen molar-refractivity contribution in [1.29, 1.82) is 0 Å². The molecular formula is C16H20N4O5S. The molecular weight excluding hydrogens is 360 g/mol. The second-order valence-electron chi connectivity index (χ2n) is 6.03. The number of carbonyl (C=O) groups is 1. The smallest absolute Gasteiger partial charge is 0.280 e. The molecule has 1 aromatic heterocycles. The number of aryl methyl sites for hydroxylation is 1. The summed E-state index contributed by atoms with van der Waals surface area (Å²) in [5.74, 6) is 0.925. The zero-order valence-corrected chi connectivity index (χ0v) is 15.4. The minimum atomic E-state index is -3.82. The van der Waals surface area contributed by atoms with Gasteiger partial charge in [-0.15, -0.1) is 0 Å². The SMILES string of the molecule is COc1cccc([C@H]2C[C@H](C(=O)Nc3cc(C)on3)N(C)S(=O)(=O)N2)c1. The van der Waals surface area contributed by atoms with E-state index in [-0.39, 0.29) is 12.2 Å². The molecule has 1 aliphatic heterocycles. The van der Waals surface area contributed by atoms with E-state index < -0.39 is 28.2 Å². The summed E-state index contributed by atoms with van der Waals surface area (Å²) in [4.78, 5) is 12.6. The van der Waals surface area contributed by atoms with Crippen LogP contribution in [0, 0.1) is 6.92 Å². The molecule has 2 aromatic rings. The van der Waals surface area contributed by atoms with Gasteiger partial charge in [0.2, 0.25) is 5.91 Å². The summed E-state index contributed by atoms with van der Waals surface area (Å²) < 4.78 is 38.6. The molecule has 0 saturated carbocycles. The summed E-state index contributed by atoms with van der Waals surface area (Å²) in [5.41, 5.74) is 0.719. The highest BCUT2D eigenvalue weighted by Gasteiger charge is 2.40. The second-order valence-corrected chi connectivity index (χ2v) is 7.79. The van der Waals surface area contributed by atoms with Crippen LogP contribution in [0.2, 0.25) is 0 Å². The summed E-state index contributed by atoms with van der Waals surface area (Å²) in [5, 5.41) is 6.30. The molecule has 0 aliphatic carbocycles. The molecule has 0 unspecified atom stereocenters. The van der Waals surface area contributed by atoms with Gasteiger partial charge in [-0.2, -0.15) is 17.4 Å². The van der Waals surface area contributed by atoms with Crippen molar-refractivity contribution in [2.45, 2.75) is 25.4 Å². The number of carbonyl (C=O) groups excluding carboxylic acids is 1. The third-order valence-electron chi connectivity index (χ3n) is 4.25. The predicted molar refractivity (Wildman–Crippen MR) is 93.8 cm³/mol. The number of nitrogens with one attached hydrogen (secondary N) is 2. The normalized spacial score (nSPS) is 22.7. The lowest BCUT2D eigenvalue weighted by Crippen LogP contribution is -2.55. The predicted octanol–water partition coefficient (Wildman–Crippen LogP) is 1.21. The summed E-state index contributed by atoms with van der Waals surface area (Å²) >= 11 is 0. The standard InChI is InChI=1S/C16H20N4O5S/c1-10-7-15(18-25-10)17-16(21)14-9-13(19-26(22,23)20(14)2)11-5-4-6-12(8-11)24-3/h4-8,13-14,19H,9H2,1-3H3,(H,17,18,21)/t13-,14-/m1/s1. The van der Waals surface area contributed by atoms with E-state index in [2.05, 4.69) is 15.2 Å². The van der Waals surface area contributed by atoms with Crippen LogP contribution in [0.25, 0.3) is 0 Å². The summed E-state index contributed by atoms with van der Waals surface area (Å²) in [6.07, 6.45) is 0.256. The number of rotatable bonds is 4. The Kier molecular flexibility index (Phi) is 4.99. The van der Waals surface area contributed by atoms with Crippen molar-refractivity contribution in [2.24, 2.45) is 0 Å². The Hall–Kier alpha value is -2.43. The van der Waals surface area contributed by atoms with Gasteiger partial charge < -0.3 is 14.6 Å². The number of likely N-dealkylation sites (N-methyl/N-ethyl adjacent to an activating group) is 1. The molecule has 0 spiro atoms. The van der Waals surface area contributed by atoms with Crippen molar-refractivity contribution < 1.29 is 22.5 Å². The van der Waals surface area contributed by atoms with Crippen molar-refractivity contribution in [3.05, 3.63) is 41.7 Å². The number of anilines is 1. The van der Waals surface area contributed by atoms with Crippen molar-refractivity contribution in [3.8, 4) is 5.75 Å². The fourth-order valence-electron chi connectivity index (χ4n) is 2.82. The van der Waals surface area contributed by atoms with Crippen LogP contribution < -0.4 is 14.8 Å². The lowest BCUT2D eigenvalue weighted by Gasteiger charge is -2.36. The van der Waals surface area contributed by atoms with Crippen LogP contribution in [0.5, 0.6) is 5.75 Å².